The number of nitrogens with one attached hydrogen (secondary N) is 1. The van der Waals surface area contributed by atoms with Crippen LogP contribution in [0.25, 0.3) is 6.08 Å². The fourth-order valence-corrected chi connectivity index (χ4v) is 3.60. The number of carbonyl (C=O) groups excluding carboxylic acids is 1. The van der Waals surface area contributed by atoms with Crippen LogP contribution in [0, 0.1) is 5.82 Å². The second kappa shape index (κ2) is 9.76. The number of carbonyl (C=O) groups is 1. The molecule has 0 bridgehead atoms. The summed E-state index contributed by atoms with van der Waals surface area (Å²) in [5.74, 6) is 1.06. The van der Waals surface area contributed by atoms with Crippen LogP contribution in [0.5, 0.6) is 11.5 Å². The summed E-state index contributed by atoms with van der Waals surface area (Å²) in [5, 5.41) is 2.90. The SMILES string of the molecule is CCOc1cc2c(cc1C=CC(=O)NCC(c1cccc(F)c1)N(C)C)OC(C)C2. The number of hydrogen-bond acceptors (Lipinski definition) is 4. The Bertz CT molecular complexity index is 927. The van der Waals surface area contributed by atoms with E-state index in [-0.39, 0.29) is 23.9 Å². The van der Waals surface area contributed by atoms with Gasteiger partial charge in [0.1, 0.15) is 23.4 Å². The Morgan fingerprint density at radius 3 is 2.87 bits per heavy atom. The lowest BCUT2D eigenvalue weighted by molar-refractivity contribution is -0.116. The Hall–Kier alpha value is -2.86. The van der Waals surface area contributed by atoms with Crippen molar-refractivity contribution in [1.29, 1.82) is 0 Å². The summed E-state index contributed by atoms with van der Waals surface area (Å²) in [6.07, 6.45) is 4.22. The van der Waals surface area contributed by atoms with Crippen molar-refractivity contribution in [3.8, 4) is 11.5 Å². The Kier molecular flexibility index (Phi) is 7.11. The average Bonchev–Trinajstić information content (AvgIpc) is 3.05. The quantitative estimate of drug-likeness (QED) is 0.667. The summed E-state index contributed by atoms with van der Waals surface area (Å²) in [6, 6.07) is 10.2. The Balaban J connectivity index is 1.69. The molecule has 6 heteroatoms. The number of likely N-dealkylation sites (N-methyl/N-ethyl adjacent to an activating group) is 1. The van der Waals surface area contributed by atoms with Gasteiger partial charge >= 0.3 is 0 Å². The fraction of sp³-hybridized carbons (Fsp3) is 0.375. The molecule has 30 heavy (non-hydrogen) atoms. The van der Waals surface area contributed by atoms with Gasteiger partial charge in [0.05, 0.1) is 12.6 Å². The Morgan fingerprint density at radius 1 is 1.37 bits per heavy atom. The minimum absolute atomic E-state index is 0.132. The van der Waals surface area contributed by atoms with Crippen molar-refractivity contribution >= 4 is 12.0 Å². The van der Waals surface area contributed by atoms with E-state index in [0.29, 0.717) is 13.2 Å². The van der Waals surface area contributed by atoms with E-state index in [9.17, 15) is 9.18 Å². The van der Waals surface area contributed by atoms with Gasteiger partial charge in [-0.1, -0.05) is 12.1 Å². The highest BCUT2D eigenvalue weighted by atomic mass is 19.1. The zero-order valence-corrected chi connectivity index (χ0v) is 17.9. The molecule has 2 unspecified atom stereocenters. The van der Waals surface area contributed by atoms with Crippen LogP contribution < -0.4 is 14.8 Å². The van der Waals surface area contributed by atoms with Gasteiger partial charge in [-0.15, -0.1) is 0 Å². The number of hydrogen-bond donors (Lipinski definition) is 1. The van der Waals surface area contributed by atoms with E-state index < -0.39 is 0 Å². The Morgan fingerprint density at radius 2 is 2.17 bits per heavy atom. The Labute approximate surface area is 177 Å². The third-order valence-electron chi connectivity index (χ3n) is 5.07. The van der Waals surface area contributed by atoms with Gasteiger partial charge in [0.15, 0.2) is 0 Å². The highest BCUT2D eigenvalue weighted by Crippen LogP contribution is 2.35. The van der Waals surface area contributed by atoms with E-state index in [0.717, 1.165) is 34.6 Å². The van der Waals surface area contributed by atoms with Gasteiger partial charge in [0.25, 0.3) is 0 Å². The zero-order valence-electron chi connectivity index (χ0n) is 17.9. The van der Waals surface area contributed by atoms with Crippen molar-refractivity contribution in [2.75, 3.05) is 27.2 Å². The van der Waals surface area contributed by atoms with E-state index >= 15 is 0 Å². The fourth-order valence-electron chi connectivity index (χ4n) is 3.60. The molecule has 1 aliphatic rings. The van der Waals surface area contributed by atoms with Crippen LogP contribution in [0.15, 0.2) is 42.5 Å². The van der Waals surface area contributed by atoms with Gasteiger partial charge in [0.2, 0.25) is 5.91 Å². The minimum atomic E-state index is -0.290. The highest BCUT2D eigenvalue weighted by molar-refractivity contribution is 5.92. The molecule has 2 aromatic carbocycles. The van der Waals surface area contributed by atoms with Crippen LogP contribution >= 0.6 is 0 Å². The predicted octanol–water partition coefficient (Wildman–Crippen LogP) is 3.98. The number of halogens is 1. The van der Waals surface area contributed by atoms with Crippen molar-refractivity contribution in [2.24, 2.45) is 0 Å². The molecule has 1 amide bonds. The van der Waals surface area contributed by atoms with Gasteiger partial charge in [-0.05, 0) is 63.8 Å². The number of fused-ring (bicyclic) bond motifs is 1. The molecule has 1 heterocycles. The molecule has 0 saturated carbocycles. The molecule has 0 aliphatic carbocycles. The van der Waals surface area contributed by atoms with Gasteiger partial charge in [-0.2, -0.15) is 0 Å². The summed E-state index contributed by atoms with van der Waals surface area (Å²) in [6.45, 7) is 4.87. The molecular weight excluding hydrogens is 383 g/mol. The third kappa shape index (κ3) is 5.39. The first-order chi connectivity index (χ1) is 14.4. The number of benzene rings is 2. The summed E-state index contributed by atoms with van der Waals surface area (Å²) in [7, 11) is 3.80. The van der Waals surface area contributed by atoms with Crippen molar-refractivity contribution in [2.45, 2.75) is 32.4 Å². The van der Waals surface area contributed by atoms with Crippen LogP contribution in [0.1, 0.15) is 36.6 Å². The van der Waals surface area contributed by atoms with Crippen LogP contribution in [0.3, 0.4) is 0 Å². The van der Waals surface area contributed by atoms with Gasteiger partial charge in [-0.3, -0.25) is 4.79 Å². The van der Waals surface area contributed by atoms with E-state index in [4.69, 9.17) is 9.47 Å². The average molecular weight is 413 g/mol. The summed E-state index contributed by atoms with van der Waals surface area (Å²) >= 11 is 0. The molecule has 2 aromatic rings. The van der Waals surface area contributed by atoms with E-state index in [1.165, 1.54) is 18.2 Å². The maximum absolute atomic E-state index is 13.6. The van der Waals surface area contributed by atoms with E-state index in [1.54, 1.807) is 12.1 Å². The lowest BCUT2D eigenvalue weighted by atomic mass is 10.1. The smallest absolute Gasteiger partial charge is 0.244 e. The molecule has 5 nitrogen and oxygen atoms in total. The normalized spacial score (nSPS) is 16.4. The van der Waals surface area contributed by atoms with Crippen molar-refractivity contribution in [3.63, 3.8) is 0 Å². The van der Waals surface area contributed by atoms with Gasteiger partial charge < -0.3 is 19.7 Å². The van der Waals surface area contributed by atoms with Crippen molar-refractivity contribution in [1.82, 2.24) is 10.2 Å². The van der Waals surface area contributed by atoms with Crippen molar-refractivity contribution in [3.05, 3.63) is 65.0 Å². The molecule has 1 aliphatic heterocycles. The van der Waals surface area contributed by atoms with Crippen molar-refractivity contribution < 1.29 is 18.7 Å². The van der Waals surface area contributed by atoms with Crippen LogP contribution in [-0.2, 0) is 11.2 Å². The largest absolute Gasteiger partial charge is 0.493 e. The van der Waals surface area contributed by atoms with E-state index in [2.05, 4.69) is 5.32 Å². The first kappa shape index (κ1) is 21.8. The van der Waals surface area contributed by atoms with Crippen LogP contribution in [0.2, 0.25) is 0 Å². The molecule has 0 radical (unpaired) electrons. The minimum Gasteiger partial charge on any atom is -0.493 e. The van der Waals surface area contributed by atoms with Crippen LogP contribution in [0.4, 0.5) is 4.39 Å². The number of amides is 1. The monoisotopic (exact) mass is 412 g/mol. The maximum atomic E-state index is 13.6. The first-order valence-corrected chi connectivity index (χ1v) is 10.2. The molecule has 160 valence electrons. The maximum Gasteiger partial charge on any atom is 0.244 e. The molecule has 0 aromatic heterocycles. The zero-order chi connectivity index (χ0) is 21.7. The van der Waals surface area contributed by atoms with Gasteiger partial charge in [-0.25, -0.2) is 4.39 Å². The molecular formula is C24H29FN2O3. The predicted molar refractivity (Wildman–Crippen MR) is 116 cm³/mol. The topological polar surface area (TPSA) is 50.8 Å². The second-order valence-corrected chi connectivity index (χ2v) is 7.68. The lowest BCUT2D eigenvalue weighted by Crippen LogP contribution is -2.33. The van der Waals surface area contributed by atoms with Crippen LogP contribution in [-0.4, -0.2) is 44.2 Å². The molecule has 0 fully saturated rings. The molecule has 3 rings (SSSR count). The highest BCUT2D eigenvalue weighted by Gasteiger charge is 2.21. The number of nitrogens with zero attached hydrogens (tertiary/aromatic N) is 1. The summed E-state index contributed by atoms with van der Waals surface area (Å²) in [5.41, 5.74) is 2.73. The standard InChI is InChI=1S/C24H29FN2O3/c1-5-29-22-14-19-11-16(2)30-23(19)13-18(22)9-10-24(28)26-15-21(27(3)4)17-7-6-8-20(25)12-17/h6-10,12-14,16,21H,5,11,15H2,1-4H3,(H,26,28). The summed E-state index contributed by atoms with van der Waals surface area (Å²) < 4.78 is 25.2. The second-order valence-electron chi connectivity index (χ2n) is 7.68. The summed E-state index contributed by atoms with van der Waals surface area (Å²) in [4.78, 5) is 14.4. The lowest BCUT2D eigenvalue weighted by Gasteiger charge is -2.25. The number of ether oxygens (including phenoxy) is 2. The number of rotatable bonds is 8. The molecule has 0 saturated heterocycles. The molecule has 1 N–H and O–H groups in total. The molecule has 0 spiro atoms. The molecule has 2 atom stereocenters. The van der Waals surface area contributed by atoms with Gasteiger partial charge in [0, 0.05) is 30.2 Å². The van der Waals surface area contributed by atoms with E-state index in [1.807, 2.05) is 51.0 Å². The third-order valence-corrected chi connectivity index (χ3v) is 5.07. The first-order valence-electron chi connectivity index (χ1n) is 10.2.